The molecule has 8 heteroatoms. The quantitative estimate of drug-likeness (QED) is 0.842. The highest BCUT2D eigenvalue weighted by Crippen LogP contribution is 2.25. The van der Waals surface area contributed by atoms with Gasteiger partial charge in [0.2, 0.25) is 0 Å². The van der Waals surface area contributed by atoms with Crippen molar-refractivity contribution >= 4 is 29.3 Å². The number of amides is 1. The average molecular weight is 326 g/mol. The van der Waals surface area contributed by atoms with Crippen LogP contribution in [0.25, 0.3) is 0 Å². The highest BCUT2D eigenvalue weighted by Gasteiger charge is 2.24. The van der Waals surface area contributed by atoms with Gasteiger partial charge in [0.05, 0.1) is 12.2 Å². The number of aromatic nitrogens is 2. The number of carbonyl (C=O) groups excluding carboxylic acids is 2. The molecule has 2 aromatic heterocycles. The lowest BCUT2D eigenvalue weighted by Gasteiger charge is -2.03. The lowest BCUT2D eigenvalue weighted by Crippen LogP contribution is -2.14. The van der Waals surface area contributed by atoms with Gasteiger partial charge in [0.25, 0.3) is 5.91 Å². The second kappa shape index (κ2) is 6.23. The molecular formula is C14H16ClN3O4. The summed E-state index contributed by atoms with van der Waals surface area (Å²) in [5, 5.41) is 6.44. The van der Waals surface area contributed by atoms with E-state index in [1.165, 1.54) is 0 Å². The SMILES string of the molecule is CCOC(=O)c1c(C)[nH]c(C(=O)Nc2noc(C)c2Cl)c1C. The summed E-state index contributed by atoms with van der Waals surface area (Å²) >= 11 is 5.95. The molecule has 0 aromatic carbocycles. The monoisotopic (exact) mass is 325 g/mol. The third-order valence-electron chi connectivity index (χ3n) is 3.17. The van der Waals surface area contributed by atoms with Gasteiger partial charge in [0, 0.05) is 5.69 Å². The van der Waals surface area contributed by atoms with Crippen LogP contribution >= 0.6 is 11.6 Å². The van der Waals surface area contributed by atoms with Crippen molar-refractivity contribution < 1.29 is 18.8 Å². The van der Waals surface area contributed by atoms with E-state index in [9.17, 15) is 9.59 Å². The second-order valence-electron chi connectivity index (χ2n) is 4.70. The number of hydrogen-bond donors (Lipinski definition) is 2. The van der Waals surface area contributed by atoms with E-state index in [2.05, 4.69) is 15.5 Å². The summed E-state index contributed by atoms with van der Waals surface area (Å²) < 4.78 is 9.86. The average Bonchev–Trinajstić information content (AvgIpc) is 2.93. The van der Waals surface area contributed by atoms with Gasteiger partial charge in [-0.3, -0.25) is 4.79 Å². The minimum absolute atomic E-state index is 0.133. The van der Waals surface area contributed by atoms with E-state index in [1.54, 1.807) is 27.7 Å². The van der Waals surface area contributed by atoms with Crippen LogP contribution in [0.3, 0.4) is 0 Å². The molecule has 0 radical (unpaired) electrons. The predicted molar refractivity (Wildman–Crippen MR) is 80.4 cm³/mol. The van der Waals surface area contributed by atoms with Crippen LogP contribution in [0.2, 0.25) is 5.02 Å². The van der Waals surface area contributed by atoms with E-state index in [4.69, 9.17) is 20.9 Å². The fraction of sp³-hybridized carbons (Fsp3) is 0.357. The van der Waals surface area contributed by atoms with Crippen LogP contribution < -0.4 is 5.32 Å². The van der Waals surface area contributed by atoms with Crippen molar-refractivity contribution in [3.63, 3.8) is 0 Å². The molecule has 0 aliphatic carbocycles. The minimum atomic E-state index is -0.469. The van der Waals surface area contributed by atoms with Gasteiger partial charge in [-0.1, -0.05) is 16.8 Å². The number of aromatic amines is 1. The summed E-state index contributed by atoms with van der Waals surface area (Å²) in [6.07, 6.45) is 0. The lowest BCUT2D eigenvalue weighted by molar-refractivity contribution is 0.0525. The van der Waals surface area contributed by atoms with Crippen LogP contribution in [0.4, 0.5) is 5.82 Å². The fourth-order valence-electron chi connectivity index (χ4n) is 2.10. The van der Waals surface area contributed by atoms with Gasteiger partial charge in [0.1, 0.15) is 10.7 Å². The molecule has 0 fully saturated rings. The summed E-state index contributed by atoms with van der Waals surface area (Å²) in [5.74, 6) is -0.397. The molecule has 0 spiro atoms. The van der Waals surface area contributed by atoms with Crippen molar-refractivity contribution in [3.8, 4) is 0 Å². The summed E-state index contributed by atoms with van der Waals surface area (Å²) in [4.78, 5) is 27.1. The zero-order valence-electron chi connectivity index (χ0n) is 12.7. The number of esters is 1. The Hall–Kier alpha value is -2.28. The number of hydrogen-bond acceptors (Lipinski definition) is 5. The predicted octanol–water partition coefficient (Wildman–Crippen LogP) is 3.01. The number of ether oxygens (including phenoxy) is 1. The van der Waals surface area contributed by atoms with E-state index in [0.717, 1.165) is 0 Å². The van der Waals surface area contributed by atoms with Gasteiger partial charge in [-0.05, 0) is 33.3 Å². The minimum Gasteiger partial charge on any atom is -0.462 e. The molecule has 1 amide bonds. The molecule has 0 bridgehead atoms. The number of anilines is 1. The van der Waals surface area contributed by atoms with Gasteiger partial charge in [-0.2, -0.15) is 0 Å². The van der Waals surface area contributed by atoms with Gasteiger partial charge in [-0.25, -0.2) is 4.79 Å². The third kappa shape index (κ3) is 2.85. The van der Waals surface area contributed by atoms with Crippen LogP contribution in [0.1, 0.15) is 44.8 Å². The van der Waals surface area contributed by atoms with Crippen molar-refractivity contribution in [2.24, 2.45) is 0 Å². The highest BCUT2D eigenvalue weighted by atomic mass is 35.5. The van der Waals surface area contributed by atoms with Crippen molar-refractivity contribution in [2.75, 3.05) is 11.9 Å². The molecule has 2 N–H and O–H groups in total. The molecule has 118 valence electrons. The fourth-order valence-corrected chi connectivity index (χ4v) is 2.21. The van der Waals surface area contributed by atoms with E-state index in [0.29, 0.717) is 22.6 Å². The largest absolute Gasteiger partial charge is 0.462 e. The molecule has 0 aliphatic rings. The zero-order valence-corrected chi connectivity index (χ0v) is 13.4. The summed E-state index contributed by atoms with van der Waals surface area (Å²) in [5.41, 5.74) is 1.67. The Morgan fingerprint density at radius 2 is 2.05 bits per heavy atom. The van der Waals surface area contributed by atoms with Crippen LogP contribution in [0.15, 0.2) is 4.52 Å². The molecule has 7 nitrogen and oxygen atoms in total. The Morgan fingerprint density at radius 3 is 2.59 bits per heavy atom. The summed E-state index contributed by atoms with van der Waals surface area (Å²) in [6.45, 7) is 6.98. The second-order valence-corrected chi connectivity index (χ2v) is 5.08. The van der Waals surface area contributed by atoms with Crippen molar-refractivity contribution in [3.05, 3.63) is 33.3 Å². The maximum absolute atomic E-state index is 12.3. The Morgan fingerprint density at radius 1 is 1.36 bits per heavy atom. The van der Waals surface area contributed by atoms with Crippen LogP contribution in [-0.2, 0) is 4.74 Å². The number of H-pyrrole nitrogens is 1. The van der Waals surface area contributed by atoms with Crippen molar-refractivity contribution in [1.82, 2.24) is 10.1 Å². The first-order chi connectivity index (χ1) is 10.4. The normalized spacial score (nSPS) is 10.6. The Balaban J connectivity index is 2.29. The Labute approximate surface area is 132 Å². The van der Waals surface area contributed by atoms with Gasteiger partial charge in [0.15, 0.2) is 11.6 Å². The smallest absolute Gasteiger partial charge is 0.340 e. The number of nitrogens with zero attached hydrogens (tertiary/aromatic N) is 1. The molecule has 2 rings (SSSR count). The molecular weight excluding hydrogens is 310 g/mol. The topological polar surface area (TPSA) is 97.2 Å². The maximum Gasteiger partial charge on any atom is 0.340 e. The van der Waals surface area contributed by atoms with E-state index in [-0.39, 0.29) is 23.1 Å². The zero-order chi connectivity index (χ0) is 16.4. The molecule has 2 aromatic rings. The highest BCUT2D eigenvalue weighted by molar-refractivity contribution is 6.34. The summed E-state index contributed by atoms with van der Waals surface area (Å²) in [7, 11) is 0. The molecule has 0 unspecified atom stereocenters. The first-order valence-electron chi connectivity index (χ1n) is 6.66. The van der Waals surface area contributed by atoms with Gasteiger partial charge >= 0.3 is 5.97 Å². The maximum atomic E-state index is 12.3. The van der Waals surface area contributed by atoms with Crippen LogP contribution in [-0.4, -0.2) is 28.6 Å². The molecule has 22 heavy (non-hydrogen) atoms. The number of nitrogens with one attached hydrogen (secondary N) is 2. The number of rotatable bonds is 4. The van der Waals surface area contributed by atoms with Gasteiger partial charge < -0.3 is 19.6 Å². The number of carbonyl (C=O) groups is 2. The van der Waals surface area contributed by atoms with Crippen molar-refractivity contribution in [2.45, 2.75) is 27.7 Å². The van der Waals surface area contributed by atoms with Crippen molar-refractivity contribution in [1.29, 1.82) is 0 Å². The third-order valence-corrected chi connectivity index (χ3v) is 3.61. The molecule has 0 atom stereocenters. The molecule has 0 saturated carbocycles. The van der Waals surface area contributed by atoms with E-state index >= 15 is 0 Å². The molecule has 2 heterocycles. The van der Waals surface area contributed by atoms with E-state index in [1.807, 2.05) is 0 Å². The number of aryl methyl sites for hydroxylation is 2. The Kier molecular flexibility index (Phi) is 4.56. The number of halogens is 1. The molecule has 0 saturated heterocycles. The van der Waals surface area contributed by atoms with Crippen LogP contribution in [0.5, 0.6) is 0 Å². The van der Waals surface area contributed by atoms with E-state index < -0.39 is 11.9 Å². The van der Waals surface area contributed by atoms with Crippen LogP contribution in [0, 0.1) is 20.8 Å². The Bertz CT molecular complexity index is 733. The van der Waals surface area contributed by atoms with Gasteiger partial charge in [-0.15, -0.1) is 0 Å². The first kappa shape index (κ1) is 16.1. The molecule has 0 aliphatic heterocycles. The lowest BCUT2D eigenvalue weighted by atomic mass is 10.1. The first-order valence-corrected chi connectivity index (χ1v) is 7.04. The standard InChI is InChI=1S/C14H16ClN3O4/c1-5-21-14(20)9-6(2)11(16-7(9)3)13(19)17-12-10(15)8(4)22-18-12/h16H,5H2,1-4H3,(H,17,18,19). The summed E-state index contributed by atoms with van der Waals surface area (Å²) in [6, 6.07) is 0.